The maximum atomic E-state index is 12.4. The van der Waals surface area contributed by atoms with E-state index in [0.717, 1.165) is 5.56 Å². The summed E-state index contributed by atoms with van der Waals surface area (Å²) in [5.41, 5.74) is 1.74. The number of carbonyl (C=O) groups is 2. The standard InChI is InChI=1S/C14H16N2O3/c1-9-3-5-10(6-4-9)16-13(17)12-7-11(19-2)8-15(12)14(16)18/h3-6,11-12H,7-8H2,1-2H3. The zero-order chi connectivity index (χ0) is 13.6. The molecule has 0 aliphatic carbocycles. The second-order valence-electron chi connectivity index (χ2n) is 5.05. The summed E-state index contributed by atoms with van der Waals surface area (Å²) >= 11 is 0. The van der Waals surface area contributed by atoms with Gasteiger partial charge in [-0.1, -0.05) is 17.7 Å². The van der Waals surface area contributed by atoms with Crippen LogP contribution < -0.4 is 4.90 Å². The van der Waals surface area contributed by atoms with Crippen LogP contribution in [0.3, 0.4) is 0 Å². The number of rotatable bonds is 2. The third-order valence-corrected chi connectivity index (χ3v) is 3.83. The number of nitrogens with zero attached hydrogens (tertiary/aromatic N) is 2. The predicted molar refractivity (Wildman–Crippen MR) is 70.0 cm³/mol. The molecular weight excluding hydrogens is 244 g/mol. The molecule has 2 saturated heterocycles. The van der Waals surface area contributed by atoms with Gasteiger partial charge in [0.2, 0.25) is 0 Å². The number of hydrogen-bond acceptors (Lipinski definition) is 3. The Morgan fingerprint density at radius 1 is 1.21 bits per heavy atom. The van der Waals surface area contributed by atoms with Crippen molar-refractivity contribution in [3.05, 3.63) is 29.8 Å². The first-order valence-corrected chi connectivity index (χ1v) is 6.36. The first kappa shape index (κ1) is 12.2. The van der Waals surface area contributed by atoms with E-state index in [2.05, 4.69) is 0 Å². The number of aryl methyl sites for hydroxylation is 1. The molecular formula is C14H16N2O3. The Morgan fingerprint density at radius 2 is 1.89 bits per heavy atom. The molecule has 0 spiro atoms. The van der Waals surface area contributed by atoms with E-state index in [9.17, 15) is 9.59 Å². The first-order valence-electron chi connectivity index (χ1n) is 6.36. The maximum Gasteiger partial charge on any atom is 0.332 e. The van der Waals surface area contributed by atoms with Gasteiger partial charge in [-0.25, -0.2) is 9.69 Å². The summed E-state index contributed by atoms with van der Waals surface area (Å²) in [5.74, 6) is -0.145. The smallest absolute Gasteiger partial charge is 0.332 e. The second-order valence-corrected chi connectivity index (χ2v) is 5.05. The molecule has 19 heavy (non-hydrogen) atoms. The van der Waals surface area contributed by atoms with Crippen molar-refractivity contribution in [1.29, 1.82) is 0 Å². The Hall–Kier alpha value is -1.88. The monoisotopic (exact) mass is 260 g/mol. The SMILES string of the molecule is COC1CC2C(=O)N(c3ccc(C)cc3)C(=O)N2C1. The van der Waals surface area contributed by atoms with E-state index in [0.29, 0.717) is 18.7 Å². The Kier molecular flexibility index (Phi) is 2.78. The van der Waals surface area contributed by atoms with Gasteiger partial charge >= 0.3 is 6.03 Å². The van der Waals surface area contributed by atoms with Crippen LogP contribution in [0.4, 0.5) is 10.5 Å². The largest absolute Gasteiger partial charge is 0.380 e. The number of ether oxygens (including phenoxy) is 1. The summed E-state index contributed by atoms with van der Waals surface area (Å²) in [4.78, 5) is 27.6. The number of benzene rings is 1. The van der Waals surface area contributed by atoms with Gasteiger partial charge in [0.15, 0.2) is 0 Å². The first-order chi connectivity index (χ1) is 9.11. The summed E-state index contributed by atoms with van der Waals surface area (Å²) in [7, 11) is 1.61. The van der Waals surface area contributed by atoms with Crippen LogP contribution in [0.2, 0.25) is 0 Å². The number of hydrogen-bond donors (Lipinski definition) is 0. The van der Waals surface area contributed by atoms with Gasteiger partial charge in [0.25, 0.3) is 5.91 Å². The van der Waals surface area contributed by atoms with Crippen molar-refractivity contribution in [2.24, 2.45) is 0 Å². The van der Waals surface area contributed by atoms with Crippen molar-refractivity contribution in [3.8, 4) is 0 Å². The molecule has 0 N–H and O–H groups in total. The van der Waals surface area contributed by atoms with Crippen LogP contribution in [0.5, 0.6) is 0 Å². The van der Waals surface area contributed by atoms with Crippen LogP contribution in [0.1, 0.15) is 12.0 Å². The molecule has 5 heteroatoms. The highest BCUT2D eigenvalue weighted by molar-refractivity contribution is 6.21. The van der Waals surface area contributed by atoms with E-state index in [1.54, 1.807) is 24.1 Å². The van der Waals surface area contributed by atoms with Gasteiger partial charge < -0.3 is 9.64 Å². The van der Waals surface area contributed by atoms with Gasteiger partial charge in [0, 0.05) is 20.1 Å². The van der Waals surface area contributed by atoms with Crippen LogP contribution in [-0.4, -0.2) is 42.6 Å². The zero-order valence-corrected chi connectivity index (χ0v) is 11.0. The van der Waals surface area contributed by atoms with Gasteiger partial charge in [0.05, 0.1) is 11.8 Å². The Labute approximate surface area is 111 Å². The fourth-order valence-electron chi connectivity index (χ4n) is 2.72. The molecule has 0 aromatic heterocycles. The molecule has 2 heterocycles. The van der Waals surface area contributed by atoms with E-state index in [1.807, 2.05) is 19.1 Å². The minimum atomic E-state index is -0.362. The summed E-state index contributed by atoms with van der Waals surface area (Å²) in [6.45, 7) is 2.47. The molecule has 0 bridgehead atoms. The predicted octanol–water partition coefficient (Wildman–Crippen LogP) is 1.55. The van der Waals surface area contributed by atoms with Gasteiger partial charge in [-0.05, 0) is 19.1 Å². The molecule has 0 radical (unpaired) electrons. The fourth-order valence-corrected chi connectivity index (χ4v) is 2.72. The van der Waals surface area contributed by atoms with Crippen molar-refractivity contribution in [2.45, 2.75) is 25.5 Å². The van der Waals surface area contributed by atoms with Gasteiger partial charge in [-0.2, -0.15) is 0 Å². The van der Waals surface area contributed by atoms with Gasteiger partial charge in [0.1, 0.15) is 6.04 Å². The highest BCUT2D eigenvalue weighted by Gasteiger charge is 2.51. The molecule has 1 aromatic carbocycles. The summed E-state index contributed by atoms with van der Waals surface area (Å²) < 4.78 is 5.24. The zero-order valence-electron chi connectivity index (χ0n) is 11.0. The maximum absolute atomic E-state index is 12.4. The molecule has 5 nitrogen and oxygen atoms in total. The molecule has 100 valence electrons. The highest BCUT2D eigenvalue weighted by atomic mass is 16.5. The van der Waals surface area contributed by atoms with Crippen LogP contribution in [0, 0.1) is 6.92 Å². The van der Waals surface area contributed by atoms with Crippen LogP contribution in [0.25, 0.3) is 0 Å². The summed E-state index contributed by atoms with van der Waals surface area (Å²) in [6, 6.07) is 6.81. The Balaban J connectivity index is 1.88. The Bertz CT molecular complexity index is 502. The lowest BCUT2D eigenvalue weighted by molar-refractivity contribution is -0.119. The molecule has 2 aliphatic rings. The molecule has 0 saturated carbocycles. The molecule has 2 unspecified atom stereocenters. The molecule has 2 fully saturated rings. The van der Waals surface area contributed by atoms with E-state index in [1.165, 1.54) is 4.90 Å². The number of fused-ring (bicyclic) bond motifs is 1. The average molecular weight is 260 g/mol. The van der Waals surface area contributed by atoms with Crippen molar-refractivity contribution in [3.63, 3.8) is 0 Å². The number of methoxy groups -OCH3 is 1. The third kappa shape index (κ3) is 1.81. The normalized spacial score (nSPS) is 26.2. The average Bonchev–Trinajstić information content (AvgIpc) is 2.93. The van der Waals surface area contributed by atoms with Gasteiger partial charge in [-0.15, -0.1) is 0 Å². The van der Waals surface area contributed by atoms with E-state index >= 15 is 0 Å². The minimum absolute atomic E-state index is 0.0296. The van der Waals surface area contributed by atoms with Gasteiger partial charge in [-0.3, -0.25) is 4.79 Å². The molecule has 3 amide bonds. The van der Waals surface area contributed by atoms with Crippen molar-refractivity contribution >= 4 is 17.6 Å². The summed E-state index contributed by atoms with van der Waals surface area (Å²) in [6.07, 6.45) is 0.557. The minimum Gasteiger partial charge on any atom is -0.380 e. The van der Waals surface area contributed by atoms with Crippen LogP contribution >= 0.6 is 0 Å². The third-order valence-electron chi connectivity index (χ3n) is 3.83. The fraction of sp³-hybridized carbons (Fsp3) is 0.429. The van der Waals surface area contributed by atoms with E-state index in [-0.39, 0.29) is 24.1 Å². The van der Waals surface area contributed by atoms with Crippen LogP contribution in [0.15, 0.2) is 24.3 Å². The topological polar surface area (TPSA) is 49.9 Å². The summed E-state index contributed by atoms with van der Waals surface area (Å²) in [5, 5.41) is 0. The van der Waals surface area contributed by atoms with Crippen molar-refractivity contribution in [2.75, 3.05) is 18.6 Å². The second kappa shape index (κ2) is 4.35. The van der Waals surface area contributed by atoms with Crippen LogP contribution in [-0.2, 0) is 9.53 Å². The molecule has 3 rings (SSSR count). The lowest BCUT2D eigenvalue weighted by Crippen LogP contribution is -2.35. The van der Waals surface area contributed by atoms with Crippen molar-refractivity contribution in [1.82, 2.24) is 4.90 Å². The van der Waals surface area contributed by atoms with Crippen molar-refractivity contribution < 1.29 is 14.3 Å². The number of imide groups is 1. The number of carbonyl (C=O) groups excluding carboxylic acids is 2. The molecule has 2 aliphatic heterocycles. The lowest BCUT2D eigenvalue weighted by Gasteiger charge is -2.17. The van der Waals surface area contributed by atoms with E-state index < -0.39 is 0 Å². The number of amides is 3. The Morgan fingerprint density at radius 3 is 2.47 bits per heavy atom. The highest BCUT2D eigenvalue weighted by Crippen LogP contribution is 2.32. The number of anilines is 1. The quantitative estimate of drug-likeness (QED) is 0.758. The number of urea groups is 1. The van der Waals surface area contributed by atoms with E-state index in [4.69, 9.17) is 4.74 Å². The molecule has 1 aromatic rings. The lowest BCUT2D eigenvalue weighted by atomic mass is 10.1. The molecule has 2 atom stereocenters.